The maximum absolute atomic E-state index is 12.1. The van der Waals surface area contributed by atoms with Crippen molar-refractivity contribution in [3.05, 3.63) is 64.7 Å². The topological polar surface area (TPSA) is 100 Å². The van der Waals surface area contributed by atoms with Crippen molar-refractivity contribution < 1.29 is 9.90 Å². The van der Waals surface area contributed by atoms with Gasteiger partial charge in [-0.05, 0) is 12.1 Å². The first-order valence-corrected chi connectivity index (χ1v) is 6.84. The highest BCUT2D eigenvalue weighted by Crippen LogP contribution is 2.18. The van der Waals surface area contributed by atoms with Crippen LogP contribution < -0.4 is 5.56 Å². The van der Waals surface area contributed by atoms with Crippen LogP contribution in [0.15, 0.2) is 53.5 Å². The number of carbonyl (C=O) groups is 1. The molecule has 0 saturated heterocycles. The smallest absolute Gasteiger partial charge is 0.356 e. The van der Waals surface area contributed by atoms with E-state index in [1.807, 2.05) is 30.3 Å². The summed E-state index contributed by atoms with van der Waals surface area (Å²) in [7, 11) is 0. The maximum atomic E-state index is 12.1. The van der Waals surface area contributed by atoms with Gasteiger partial charge >= 0.3 is 5.97 Å². The van der Waals surface area contributed by atoms with E-state index in [9.17, 15) is 9.59 Å². The van der Waals surface area contributed by atoms with Crippen LogP contribution in [0.2, 0.25) is 0 Å². The molecule has 0 amide bonds. The summed E-state index contributed by atoms with van der Waals surface area (Å²) in [6.45, 7) is 0. The first-order valence-electron chi connectivity index (χ1n) is 6.84. The Balaban J connectivity index is 1.93. The number of hydrogen-bond acceptors (Lipinski definition) is 4. The number of H-pyrrole nitrogens is 1. The number of benzene rings is 1. The van der Waals surface area contributed by atoms with Crippen molar-refractivity contribution in [1.82, 2.24) is 19.6 Å². The number of aromatic carboxylic acids is 1. The summed E-state index contributed by atoms with van der Waals surface area (Å²) < 4.78 is 1.26. The molecule has 1 aromatic carbocycles. The zero-order valence-corrected chi connectivity index (χ0v) is 11.7. The molecular weight excluding hydrogens is 296 g/mol. The highest BCUT2D eigenvalue weighted by atomic mass is 16.4. The molecular formula is C16H10N4O3. The van der Waals surface area contributed by atoms with E-state index in [-0.39, 0.29) is 11.2 Å². The summed E-state index contributed by atoms with van der Waals surface area (Å²) in [6, 6.07) is 12.6. The Labute approximate surface area is 128 Å². The van der Waals surface area contributed by atoms with Crippen molar-refractivity contribution in [2.45, 2.75) is 0 Å². The Hall–Kier alpha value is -3.48. The van der Waals surface area contributed by atoms with Gasteiger partial charge in [-0.15, -0.1) is 0 Å². The molecule has 3 aromatic heterocycles. The van der Waals surface area contributed by atoms with E-state index in [4.69, 9.17) is 5.11 Å². The highest BCUT2D eigenvalue weighted by Gasteiger charge is 2.13. The third kappa shape index (κ3) is 2.15. The van der Waals surface area contributed by atoms with E-state index in [0.29, 0.717) is 11.4 Å². The molecule has 0 unspecified atom stereocenters. The van der Waals surface area contributed by atoms with E-state index in [2.05, 4.69) is 15.1 Å². The number of carboxylic acid groups (broad SMARTS) is 1. The average molecular weight is 306 g/mol. The van der Waals surface area contributed by atoms with Crippen molar-refractivity contribution in [1.29, 1.82) is 0 Å². The van der Waals surface area contributed by atoms with Crippen molar-refractivity contribution in [2.24, 2.45) is 0 Å². The summed E-state index contributed by atoms with van der Waals surface area (Å²) in [4.78, 5) is 30.3. The second kappa shape index (κ2) is 4.77. The Morgan fingerprint density at radius 2 is 2.00 bits per heavy atom. The lowest BCUT2D eigenvalue weighted by Gasteiger charge is -2.03. The number of rotatable bonds is 2. The standard InChI is InChI=1S/C16H10N4O3/c21-15-14-7-12(16(22)23)19-20(14)8-13(18-15)11-6-5-9-3-1-2-4-10(9)17-11/h1-8H,(H,18,21)(H,22,23). The molecule has 0 saturated carbocycles. The van der Waals surface area contributed by atoms with Crippen LogP contribution in [0, 0.1) is 0 Å². The van der Waals surface area contributed by atoms with Gasteiger partial charge in [-0.1, -0.05) is 24.3 Å². The van der Waals surface area contributed by atoms with Gasteiger partial charge in [0.05, 0.1) is 23.1 Å². The summed E-state index contributed by atoms with van der Waals surface area (Å²) in [5.74, 6) is -1.18. The van der Waals surface area contributed by atoms with Crippen LogP contribution in [0.25, 0.3) is 27.8 Å². The Kier molecular flexibility index (Phi) is 2.74. The minimum atomic E-state index is -1.18. The lowest BCUT2D eigenvalue weighted by atomic mass is 10.2. The molecule has 0 spiro atoms. The van der Waals surface area contributed by atoms with Crippen LogP contribution in [0.1, 0.15) is 10.5 Å². The highest BCUT2D eigenvalue weighted by molar-refractivity contribution is 5.87. The van der Waals surface area contributed by atoms with Crippen molar-refractivity contribution in [3.63, 3.8) is 0 Å². The number of fused-ring (bicyclic) bond motifs is 2. The lowest BCUT2D eigenvalue weighted by molar-refractivity contribution is 0.0690. The number of aromatic amines is 1. The predicted octanol–water partition coefficient (Wildman–Crippen LogP) is 1.94. The van der Waals surface area contributed by atoms with E-state index in [0.717, 1.165) is 10.9 Å². The monoisotopic (exact) mass is 306 g/mol. The number of hydrogen-bond donors (Lipinski definition) is 2. The molecule has 4 aromatic rings. The van der Waals surface area contributed by atoms with Gasteiger partial charge in [0.1, 0.15) is 5.52 Å². The molecule has 3 heterocycles. The molecule has 7 nitrogen and oxygen atoms in total. The number of carboxylic acids is 1. The van der Waals surface area contributed by atoms with Gasteiger partial charge in [0.2, 0.25) is 0 Å². The van der Waals surface area contributed by atoms with Crippen LogP contribution in [0.5, 0.6) is 0 Å². The molecule has 0 aliphatic heterocycles. The quantitative estimate of drug-likeness (QED) is 0.589. The molecule has 0 aliphatic carbocycles. The van der Waals surface area contributed by atoms with E-state index < -0.39 is 11.5 Å². The van der Waals surface area contributed by atoms with Crippen LogP contribution in [0.3, 0.4) is 0 Å². The van der Waals surface area contributed by atoms with Gasteiger partial charge in [-0.3, -0.25) is 4.79 Å². The first-order chi connectivity index (χ1) is 11.1. The SMILES string of the molecule is O=C(O)c1cc2c(=O)[nH]c(-c3ccc4ccccc4n3)cn2n1. The minimum Gasteiger partial charge on any atom is -0.476 e. The molecule has 0 radical (unpaired) electrons. The Bertz CT molecular complexity index is 1130. The van der Waals surface area contributed by atoms with Crippen LogP contribution in [0.4, 0.5) is 0 Å². The van der Waals surface area contributed by atoms with Crippen LogP contribution in [-0.2, 0) is 0 Å². The minimum absolute atomic E-state index is 0.173. The second-order valence-electron chi connectivity index (χ2n) is 5.05. The third-order valence-corrected chi connectivity index (χ3v) is 3.56. The Morgan fingerprint density at radius 3 is 2.83 bits per heavy atom. The molecule has 0 aliphatic rings. The molecule has 0 fully saturated rings. The fourth-order valence-electron chi connectivity index (χ4n) is 2.45. The van der Waals surface area contributed by atoms with Crippen LogP contribution >= 0.6 is 0 Å². The number of aromatic nitrogens is 4. The van der Waals surface area contributed by atoms with Crippen molar-refractivity contribution >= 4 is 22.4 Å². The summed E-state index contributed by atoms with van der Waals surface area (Å²) in [5, 5.41) is 13.9. The molecule has 23 heavy (non-hydrogen) atoms. The second-order valence-corrected chi connectivity index (χ2v) is 5.05. The average Bonchev–Trinajstić information content (AvgIpc) is 2.99. The zero-order chi connectivity index (χ0) is 16.0. The molecule has 2 N–H and O–H groups in total. The first kappa shape index (κ1) is 13.2. The van der Waals surface area contributed by atoms with Crippen molar-refractivity contribution in [3.8, 4) is 11.4 Å². The van der Waals surface area contributed by atoms with Gasteiger partial charge in [-0.2, -0.15) is 5.10 Å². The zero-order valence-electron chi connectivity index (χ0n) is 11.7. The lowest BCUT2D eigenvalue weighted by Crippen LogP contribution is -2.11. The van der Waals surface area contributed by atoms with Gasteiger partial charge < -0.3 is 10.1 Å². The number of nitrogens with zero attached hydrogens (tertiary/aromatic N) is 3. The molecule has 4 rings (SSSR count). The summed E-state index contributed by atoms with van der Waals surface area (Å²) in [6.07, 6.45) is 1.56. The molecule has 0 bridgehead atoms. The van der Waals surface area contributed by atoms with E-state index >= 15 is 0 Å². The normalized spacial score (nSPS) is 11.1. The molecule has 112 valence electrons. The van der Waals surface area contributed by atoms with Gasteiger partial charge in [-0.25, -0.2) is 14.3 Å². The fourth-order valence-corrected chi connectivity index (χ4v) is 2.45. The summed E-state index contributed by atoms with van der Waals surface area (Å²) in [5.41, 5.74) is 1.42. The van der Waals surface area contributed by atoms with Gasteiger partial charge in [0, 0.05) is 11.5 Å². The third-order valence-electron chi connectivity index (χ3n) is 3.56. The van der Waals surface area contributed by atoms with Crippen LogP contribution in [-0.4, -0.2) is 30.7 Å². The number of para-hydroxylation sites is 1. The molecule has 7 heteroatoms. The van der Waals surface area contributed by atoms with Crippen molar-refractivity contribution in [2.75, 3.05) is 0 Å². The largest absolute Gasteiger partial charge is 0.476 e. The van der Waals surface area contributed by atoms with Gasteiger partial charge in [0.25, 0.3) is 5.56 Å². The number of pyridine rings is 1. The fraction of sp³-hybridized carbons (Fsp3) is 0. The maximum Gasteiger partial charge on any atom is 0.356 e. The number of nitrogens with one attached hydrogen (secondary N) is 1. The Morgan fingerprint density at radius 1 is 1.17 bits per heavy atom. The predicted molar refractivity (Wildman–Crippen MR) is 83.5 cm³/mol. The summed E-state index contributed by atoms with van der Waals surface area (Å²) >= 11 is 0. The van der Waals surface area contributed by atoms with Gasteiger partial charge in [0.15, 0.2) is 5.69 Å². The van der Waals surface area contributed by atoms with E-state index in [1.54, 1.807) is 12.3 Å². The molecule has 0 atom stereocenters. The van der Waals surface area contributed by atoms with E-state index in [1.165, 1.54) is 10.6 Å².